The van der Waals surface area contributed by atoms with Crippen LogP contribution in [0.5, 0.6) is 5.75 Å². The van der Waals surface area contributed by atoms with E-state index in [0.29, 0.717) is 19.4 Å². The molecule has 0 aromatic heterocycles. The van der Waals surface area contributed by atoms with Crippen LogP contribution < -0.4 is 15.4 Å². The van der Waals surface area contributed by atoms with Gasteiger partial charge in [-0.25, -0.2) is 8.78 Å². The Morgan fingerprint density at radius 2 is 1.96 bits per heavy atom. The lowest BCUT2D eigenvalue weighted by Crippen LogP contribution is -2.45. The fraction of sp³-hybridized carbons (Fsp3) is 0.556. The molecule has 3 atom stereocenters. The summed E-state index contributed by atoms with van der Waals surface area (Å²) in [6.45, 7) is -0.425. The van der Waals surface area contributed by atoms with Crippen molar-refractivity contribution < 1.29 is 27.8 Å². The van der Waals surface area contributed by atoms with Crippen LogP contribution in [0, 0.1) is 11.8 Å². The summed E-state index contributed by atoms with van der Waals surface area (Å²) in [5, 5.41) is 5.00. The number of para-hydroxylation sites is 1. The standard InChI is InChI=1S/C18H24F2N2O4/c1-25-11-17(23)22-15-8-12(10-26-13-5-3-2-4-6-13)7-14(15)18(24)21-9-16(19)20/h2-6,12,14-16H,7-11H2,1H3,(H,21,24)(H,22,23)/t12-,14-,15-/m1/s1. The zero-order valence-electron chi connectivity index (χ0n) is 14.6. The van der Waals surface area contributed by atoms with E-state index in [1.165, 1.54) is 7.11 Å². The Labute approximate surface area is 151 Å². The number of methoxy groups -OCH3 is 1. The minimum Gasteiger partial charge on any atom is -0.493 e. The zero-order chi connectivity index (χ0) is 18.9. The number of alkyl halides is 2. The summed E-state index contributed by atoms with van der Waals surface area (Å²) in [5.41, 5.74) is 0. The highest BCUT2D eigenvalue weighted by atomic mass is 19.3. The number of rotatable bonds is 9. The molecule has 1 aromatic carbocycles. The molecule has 0 heterocycles. The number of halogens is 2. The molecule has 1 aliphatic rings. The van der Waals surface area contributed by atoms with Crippen molar-refractivity contribution in [2.75, 3.05) is 26.9 Å². The third kappa shape index (κ3) is 6.25. The number of ether oxygens (including phenoxy) is 2. The molecule has 2 rings (SSSR count). The molecule has 1 aromatic rings. The molecular formula is C18H24F2N2O4. The highest BCUT2D eigenvalue weighted by Crippen LogP contribution is 2.32. The van der Waals surface area contributed by atoms with E-state index in [1.54, 1.807) is 0 Å². The molecule has 1 fully saturated rings. The number of hydrogen-bond acceptors (Lipinski definition) is 4. The van der Waals surface area contributed by atoms with E-state index in [4.69, 9.17) is 9.47 Å². The van der Waals surface area contributed by atoms with Crippen LogP contribution in [0.1, 0.15) is 12.8 Å². The second-order valence-corrected chi connectivity index (χ2v) is 6.31. The molecule has 0 bridgehead atoms. The average Bonchev–Trinajstić information content (AvgIpc) is 3.01. The van der Waals surface area contributed by atoms with Gasteiger partial charge in [0.25, 0.3) is 6.43 Å². The molecular weight excluding hydrogens is 346 g/mol. The van der Waals surface area contributed by atoms with Crippen molar-refractivity contribution in [3.63, 3.8) is 0 Å². The summed E-state index contributed by atoms with van der Waals surface area (Å²) < 4.78 is 35.2. The first-order valence-corrected chi connectivity index (χ1v) is 8.51. The maximum Gasteiger partial charge on any atom is 0.255 e. The third-order valence-corrected chi connectivity index (χ3v) is 4.28. The van der Waals surface area contributed by atoms with Crippen LogP contribution in [0.2, 0.25) is 0 Å². The molecule has 2 amide bonds. The van der Waals surface area contributed by atoms with Gasteiger partial charge in [0.15, 0.2) is 0 Å². The van der Waals surface area contributed by atoms with Crippen LogP contribution >= 0.6 is 0 Å². The van der Waals surface area contributed by atoms with Gasteiger partial charge in [-0.2, -0.15) is 0 Å². The molecule has 8 heteroatoms. The van der Waals surface area contributed by atoms with E-state index >= 15 is 0 Å². The van der Waals surface area contributed by atoms with Crippen LogP contribution in [-0.2, 0) is 14.3 Å². The Bertz CT molecular complexity index is 586. The van der Waals surface area contributed by atoms with Crippen LogP contribution in [0.3, 0.4) is 0 Å². The highest BCUT2D eigenvalue weighted by molar-refractivity contribution is 5.82. The smallest absolute Gasteiger partial charge is 0.255 e. The fourth-order valence-corrected chi connectivity index (χ4v) is 3.15. The van der Waals surface area contributed by atoms with Crippen LogP contribution in [-0.4, -0.2) is 51.1 Å². The maximum absolute atomic E-state index is 12.4. The number of benzene rings is 1. The van der Waals surface area contributed by atoms with Crippen LogP contribution in [0.4, 0.5) is 8.78 Å². The van der Waals surface area contributed by atoms with Crippen LogP contribution in [0.25, 0.3) is 0 Å². The molecule has 6 nitrogen and oxygen atoms in total. The van der Waals surface area contributed by atoms with E-state index in [-0.39, 0.29) is 18.4 Å². The van der Waals surface area contributed by atoms with Gasteiger partial charge in [-0.3, -0.25) is 9.59 Å². The lowest BCUT2D eigenvalue weighted by atomic mass is 10.0. The number of carbonyl (C=O) groups excluding carboxylic acids is 2. The zero-order valence-corrected chi connectivity index (χ0v) is 14.6. The van der Waals surface area contributed by atoms with Crippen molar-refractivity contribution in [1.82, 2.24) is 10.6 Å². The normalized spacial score (nSPS) is 22.2. The Kier molecular flexibility index (Phi) is 7.77. The molecule has 0 unspecified atom stereocenters. The second kappa shape index (κ2) is 10.1. The summed E-state index contributed by atoms with van der Waals surface area (Å²) in [5.74, 6) is -0.633. The van der Waals surface area contributed by atoms with Gasteiger partial charge >= 0.3 is 0 Å². The molecule has 1 saturated carbocycles. The Balaban J connectivity index is 1.95. The Hall–Kier alpha value is -2.22. The quantitative estimate of drug-likeness (QED) is 0.692. The van der Waals surface area contributed by atoms with Gasteiger partial charge in [0.1, 0.15) is 12.4 Å². The monoisotopic (exact) mass is 370 g/mol. The van der Waals surface area contributed by atoms with Crippen molar-refractivity contribution in [3.8, 4) is 5.75 Å². The minimum absolute atomic E-state index is 0.0327. The van der Waals surface area contributed by atoms with Crippen molar-refractivity contribution in [3.05, 3.63) is 30.3 Å². The summed E-state index contributed by atoms with van der Waals surface area (Å²) in [7, 11) is 1.40. The molecule has 0 spiro atoms. The molecule has 144 valence electrons. The summed E-state index contributed by atoms with van der Waals surface area (Å²) in [6.07, 6.45) is -1.62. The van der Waals surface area contributed by atoms with E-state index in [9.17, 15) is 18.4 Å². The topological polar surface area (TPSA) is 76.7 Å². The number of carbonyl (C=O) groups is 2. The first kappa shape index (κ1) is 20.1. The second-order valence-electron chi connectivity index (χ2n) is 6.31. The molecule has 0 radical (unpaired) electrons. The van der Waals surface area contributed by atoms with E-state index in [0.717, 1.165) is 5.75 Å². The van der Waals surface area contributed by atoms with E-state index in [2.05, 4.69) is 10.6 Å². The lowest BCUT2D eigenvalue weighted by Gasteiger charge is -2.20. The van der Waals surface area contributed by atoms with Crippen molar-refractivity contribution >= 4 is 11.8 Å². The summed E-state index contributed by atoms with van der Waals surface area (Å²) in [4.78, 5) is 24.1. The van der Waals surface area contributed by atoms with Crippen molar-refractivity contribution in [2.24, 2.45) is 11.8 Å². The predicted octanol–water partition coefficient (Wildman–Crippen LogP) is 1.60. The molecule has 0 saturated heterocycles. The van der Waals surface area contributed by atoms with Gasteiger partial charge in [-0.05, 0) is 30.9 Å². The van der Waals surface area contributed by atoms with E-state index in [1.807, 2.05) is 30.3 Å². The Morgan fingerprint density at radius 1 is 1.23 bits per heavy atom. The average molecular weight is 370 g/mol. The van der Waals surface area contributed by atoms with Crippen molar-refractivity contribution in [1.29, 1.82) is 0 Å². The maximum atomic E-state index is 12.4. The fourth-order valence-electron chi connectivity index (χ4n) is 3.15. The Morgan fingerprint density at radius 3 is 2.62 bits per heavy atom. The summed E-state index contributed by atoms with van der Waals surface area (Å²) in [6, 6.07) is 8.84. The van der Waals surface area contributed by atoms with Gasteiger partial charge in [-0.1, -0.05) is 18.2 Å². The predicted molar refractivity (Wildman–Crippen MR) is 91.0 cm³/mol. The number of hydrogen-bond donors (Lipinski definition) is 2. The van der Waals surface area contributed by atoms with E-state index < -0.39 is 30.8 Å². The number of amides is 2. The highest BCUT2D eigenvalue weighted by Gasteiger charge is 2.39. The SMILES string of the molecule is COCC(=O)N[C@@H]1C[C@H](COc2ccccc2)C[C@H]1C(=O)NCC(F)F. The minimum atomic E-state index is -2.61. The molecule has 26 heavy (non-hydrogen) atoms. The van der Waals surface area contributed by atoms with Crippen LogP contribution in [0.15, 0.2) is 30.3 Å². The first-order chi connectivity index (χ1) is 12.5. The first-order valence-electron chi connectivity index (χ1n) is 8.51. The summed E-state index contributed by atoms with van der Waals surface area (Å²) >= 11 is 0. The van der Waals surface area contributed by atoms with Gasteiger partial charge in [0, 0.05) is 13.2 Å². The lowest BCUT2D eigenvalue weighted by molar-refractivity contribution is -0.128. The van der Waals surface area contributed by atoms with Gasteiger partial charge in [0.05, 0.1) is 19.1 Å². The molecule has 1 aliphatic carbocycles. The van der Waals surface area contributed by atoms with Gasteiger partial charge < -0.3 is 20.1 Å². The van der Waals surface area contributed by atoms with Crippen molar-refractivity contribution in [2.45, 2.75) is 25.3 Å². The third-order valence-electron chi connectivity index (χ3n) is 4.28. The molecule has 2 N–H and O–H groups in total. The van der Waals surface area contributed by atoms with Gasteiger partial charge in [-0.15, -0.1) is 0 Å². The number of nitrogens with one attached hydrogen (secondary N) is 2. The van der Waals surface area contributed by atoms with Gasteiger partial charge in [0.2, 0.25) is 11.8 Å². The molecule has 0 aliphatic heterocycles. The largest absolute Gasteiger partial charge is 0.493 e.